The van der Waals surface area contributed by atoms with E-state index >= 15 is 0 Å². The molecule has 2 N–H and O–H groups in total. The summed E-state index contributed by atoms with van der Waals surface area (Å²) in [5, 5.41) is 8.49. The first-order valence-electron chi connectivity index (χ1n) is 3.01. The van der Waals surface area contributed by atoms with Crippen LogP contribution in [0.1, 0.15) is 6.42 Å². The van der Waals surface area contributed by atoms with Crippen molar-refractivity contribution in [3.63, 3.8) is 0 Å². The molecule has 0 bridgehead atoms. The van der Waals surface area contributed by atoms with E-state index in [1.807, 2.05) is 0 Å². The molecule has 0 rings (SSSR count). The molecule has 0 aromatic rings. The van der Waals surface area contributed by atoms with Crippen LogP contribution in [-0.4, -0.2) is 58.4 Å². The molecule has 0 aliphatic rings. The summed E-state index contributed by atoms with van der Waals surface area (Å²) in [7, 11) is -3.82. The first-order chi connectivity index (χ1) is 4.45. The zero-order chi connectivity index (χ0) is 8.20. The molecule has 6 heteroatoms. The van der Waals surface area contributed by atoms with E-state index in [1.165, 1.54) is 0 Å². The third kappa shape index (κ3) is 6.98. The Bertz CT molecular complexity index is 176. The molecule has 56 valence electrons. The van der Waals surface area contributed by atoms with E-state index in [0.29, 0.717) is 6.42 Å². The topological polar surface area (TPSA) is 74.6 Å². The molecule has 0 aliphatic carbocycles. The molecule has 0 aromatic carbocycles. The van der Waals surface area contributed by atoms with Gasteiger partial charge < -0.3 is 0 Å². The van der Waals surface area contributed by atoms with Crippen LogP contribution in [0, 0.1) is 0 Å². The zero-order valence-corrected chi connectivity index (χ0v) is 8.63. The third-order valence-electron chi connectivity index (χ3n) is 1.18. The van der Waals surface area contributed by atoms with Crippen LogP contribution in [0.4, 0.5) is 0 Å². The van der Waals surface area contributed by atoms with Crippen LogP contribution >= 0.6 is 0 Å². The van der Waals surface area contributed by atoms with E-state index in [4.69, 9.17) is 9.66 Å². The average molecular weight is 176 g/mol. The Hall–Kier alpha value is 0.870. The molecule has 0 amide bonds. The summed E-state index contributed by atoms with van der Waals surface area (Å²) in [5.74, 6) is -0.234. The SMILES string of the molecule is O=S(=O)(O)CC[CH]([Na])CO. The summed E-state index contributed by atoms with van der Waals surface area (Å²) >= 11 is 0.758. The van der Waals surface area contributed by atoms with Gasteiger partial charge in [-0.3, -0.25) is 0 Å². The number of aliphatic hydroxyl groups is 1. The van der Waals surface area contributed by atoms with Gasteiger partial charge >= 0.3 is 78.1 Å². The second-order valence-electron chi connectivity index (χ2n) is 2.36. The van der Waals surface area contributed by atoms with E-state index in [9.17, 15) is 8.42 Å². The normalized spacial score (nSPS) is 15.2. The van der Waals surface area contributed by atoms with Gasteiger partial charge in [0.15, 0.2) is 0 Å². The Morgan fingerprint density at radius 3 is 2.30 bits per heavy atom. The van der Waals surface area contributed by atoms with Crippen molar-refractivity contribution < 1.29 is 18.1 Å². The van der Waals surface area contributed by atoms with Crippen molar-refractivity contribution in [1.82, 2.24) is 0 Å². The van der Waals surface area contributed by atoms with Gasteiger partial charge in [-0.05, 0) is 0 Å². The molecule has 0 aromatic heterocycles. The molecule has 0 saturated carbocycles. The van der Waals surface area contributed by atoms with Crippen LogP contribution in [-0.2, 0) is 10.1 Å². The Balaban J connectivity index is 3.56. The Labute approximate surface area is 77.8 Å². The quantitative estimate of drug-likeness (QED) is 0.435. The minimum atomic E-state index is -3.82. The molecule has 0 spiro atoms. The Kier molecular flexibility index (Phi) is 5.10. The van der Waals surface area contributed by atoms with E-state index in [1.54, 1.807) is 0 Å². The molecule has 0 fully saturated rings. The van der Waals surface area contributed by atoms with Crippen LogP contribution in [0.25, 0.3) is 0 Å². The molecule has 1 atom stereocenters. The molecule has 0 aliphatic heterocycles. The van der Waals surface area contributed by atoms with Crippen molar-refractivity contribution in [3.05, 3.63) is 0 Å². The van der Waals surface area contributed by atoms with Crippen LogP contribution in [0.2, 0.25) is 3.17 Å². The number of rotatable bonds is 4. The number of hydrogen-bond acceptors (Lipinski definition) is 3. The second kappa shape index (κ2) is 4.69. The van der Waals surface area contributed by atoms with Gasteiger partial charge in [-0.25, -0.2) is 0 Å². The summed E-state index contributed by atoms with van der Waals surface area (Å²) in [4.78, 5) is 0. The van der Waals surface area contributed by atoms with Crippen LogP contribution in [0.15, 0.2) is 0 Å². The Morgan fingerprint density at radius 1 is 1.50 bits per heavy atom. The molecular formula is C4H9NaO4S. The number of aliphatic hydroxyl groups excluding tert-OH is 1. The molecule has 10 heavy (non-hydrogen) atoms. The summed E-state index contributed by atoms with van der Waals surface area (Å²) in [6.45, 7) is 0.0156. The van der Waals surface area contributed by atoms with Crippen molar-refractivity contribution >= 4 is 38.0 Å². The van der Waals surface area contributed by atoms with Crippen molar-refractivity contribution in [2.24, 2.45) is 0 Å². The molecular weight excluding hydrogens is 167 g/mol. The van der Waals surface area contributed by atoms with Crippen molar-refractivity contribution in [2.75, 3.05) is 12.4 Å². The standard InChI is InChI=1S/C4H9O4S.Na/c5-3-1-2-4-9(6,7)8;/h1,5H,2-4H2,(H,6,7,8);. The maximum absolute atomic E-state index is 10.1. The van der Waals surface area contributed by atoms with Crippen molar-refractivity contribution in [2.45, 2.75) is 9.59 Å². The minimum absolute atomic E-state index is 0.0156. The van der Waals surface area contributed by atoms with E-state index in [2.05, 4.69) is 0 Å². The van der Waals surface area contributed by atoms with Gasteiger partial charge in [0, 0.05) is 0 Å². The van der Waals surface area contributed by atoms with Crippen LogP contribution in [0.5, 0.6) is 0 Å². The van der Waals surface area contributed by atoms with Crippen molar-refractivity contribution in [1.29, 1.82) is 0 Å². The third-order valence-corrected chi connectivity index (χ3v) is 2.87. The monoisotopic (exact) mass is 176 g/mol. The Morgan fingerprint density at radius 2 is 2.00 bits per heavy atom. The van der Waals surface area contributed by atoms with Gasteiger partial charge in [-0.1, -0.05) is 0 Å². The summed E-state index contributed by atoms with van der Waals surface area (Å²) in [6.07, 6.45) is 0.363. The average Bonchev–Trinajstić information content (AvgIpc) is 1.81. The molecule has 0 heterocycles. The zero-order valence-electron chi connectivity index (χ0n) is 5.82. The summed E-state index contributed by atoms with van der Waals surface area (Å²) in [5.41, 5.74) is 0. The molecule has 0 saturated heterocycles. The predicted molar refractivity (Wildman–Crippen MR) is 37.6 cm³/mol. The maximum atomic E-state index is 10.1. The first-order valence-corrected chi connectivity index (χ1v) is 5.78. The molecule has 1 unspecified atom stereocenters. The van der Waals surface area contributed by atoms with Gasteiger partial charge in [-0.2, -0.15) is 0 Å². The number of hydrogen-bond donors (Lipinski definition) is 2. The fraction of sp³-hybridized carbons (Fsp3) is 1.00. The summed E-state index contributed by atoms with van der Waals surface area (Å²) in [6, 6.07) is 0. The molecule has 0 radical (unpaired) electrons. The second-order valence-corrected chi connectivity index (χ2v) is 5.57. The fourth-order valence-corrected chi connectivity index (χ4v) is 1.85. The van der Waals surface area contributed by atoms with Crippen LogP contribution in [0.3, 0.4) is 0 Å². The van der Waals surface area contributed by atoms with Gasteiger partial charge in [0.1, 0.15) is 0 Å². The van der Waals surface area contributed by atoms with E-state index in [0.717, 1.165) is 27.9 Å². The van der Waals surface area contributed by atoms with Gasteiger partial charge in [0.25, 0.3) is 0 Å². The van der Waals surface area contributed by atoms with E-state index < -0.39 is 10.1 Å². The fourth-order valence-electron chi connectivity index (χ4n) is 0.441. The van der Waals surface area contributed by atoms with Gasteiger partial charge in [0.05, 0.1) is 0 Å². The van der Waals surface area contributed by atoms with Gasteiger partial charge in [-0.15, -0.1) is 0 Å². The van der Waals surface area contributed by atoms with E-state index in [-0.39, 0.29) is 15.5 Å². The first kappa shape index (κ1) is 10.9. The van der Waals surface area contributed by atoms with Crippen LogP contribution < -0.4 is 0 Å². The summed E-state index contributed by atoms with van der Waals surface area (Å²) < 4.78 is 28.6. The predicted octanol–water partition coefficient (Wildman–Crippen LogP) is -0.786. The molecule has 4 nitrogen and oxygen atoms in total. The van der Waals surface area contributed by atoms with Gasteiger partial charge in [0.2, 0.25) is 0 Å². The van der Waals surface area contributed by atoms with Crippen molar-refractivity contribution in [3.8, 4) is 0 Å².